The van der Waals surface area contributed by atoms with Crippen molar-refractivity contribution in [3.63, 3.8) is 0 Å². The number of aromatic nitrogens is 3. The summed E-state index contributed by atoms with van der Waals surface area (Å²) in [5, 5.41) is 0. The van der Waals surface area contributed by atoms with E-state index in [1.54, 1.807) is 0 Å². The first kappa shape index (κ1) is 41.0. The zero-order chi connectivity index (χ0) is 34.0. The van der Waals surface area contributed by atoms with Gasteiger partial charge in [0.2, 0.25) is 0 Å². The molecule has 0 saturated heterocycles. The second-order valence-electron chi connectivity index (χ2n) is 8.75. The van der Waals surface area contributed by atoms with Crippen LogP contribution in [-0.2, 0) is 19.6 Å². The van der Waals surface area contributed by atoms with Crippen LogP contribution in [0.1, 0.15) is 16.7 Å². The zero-order valence-corrected chi connectivity index (χ0v) is 44.6. The Morgan fingerprint density at radius 2 is 0.400 bits per heavy atom. The molecule has 0 spiro atoms. The Morgan fingerprint density at radius 1 is 0.267 bits per heavy atom. The molecule has 0 amide bonds. The Bertz CT molecular complexity index is 1770. The summed E-state index contributed by atoms with van der Waals surface area (Å²) in [6.45, 7) is -0.513. The lowest BCUT2D eigenvalue weighted by Gasteiger charge is -2.20. The van der Waals surface area contributed by atoms with Crippen molar-refractivity contribution in [3.8, 4) is 0 Å². The van der Waals surface area contributed by atoms with Crippen molar-refractivity contribution in [1.29, 1.82) is 0 Å². The number of hydrogen-bond donors (Lipinski definition) is 0. The predicted molar refractivity (Wildman–Crippen MR) is 231 cm³/mol. The van der Waals surface area contributed by atoms with E-state index in [9.17, 15) is 14.4 Å². The normalized spacial score (nSPS) is 11.5. The molecule has 0 aliphatic carbocycles. The molecule has 1 heterocycles. The van der Waals surface area contributed by atoms with Crippen LogP contribution in [0, 0.1) is 0 Å². The summed E-state index contributed by atoms with van der Waals surface area (Å²) in [5.41, 5.74) is -0.621. The molecule has 240 valence electrons. The summed E-state index contributed by atoms with van der Waals surface area (Å²) in [7, 11) is 0. The molecule has 6 nitrogen and oxygen atoms in total. The van der Waals surface area contributed by atoms with Gasteiger partial charge in [0.15, 0.2) is 0 Å². The van der Waals surface area contributed by atoms with Crippen LogP contribution in [0.3, 0.4) is 0 Å². The molecule has 4 rings (SSSR count). The van der Waals surface area contributed by atoms with Crippen molar-refractivity contribution in [2.75, 3.05) is 0 Å². The second kappa shape index (κ2) is 16.5. The Kier molecular flexibility index (Phi) is 15.1. The SMILES string of the molecule is O=c1n(Cc2c(Br)c(Br)c(Br)c(Br)c2Br)c(=O)n(Cc2c(Br)c(Br)c(Br)c(Br)c2Br)c(=O)n1Cc1c(Br)c(Br)c(Br)c(Br)c1Br. The van der Waals surface area contributed by atoms with E-state index in [1.807, 2.05) is 0 Å². The van der Waals surface area contributed by atoms with Crippen molar-refractivity contribution >= 4 is 239 Å². The Labute approximate surface area is 380 Å². The van der Waals surface area contributed by atoms with Gasteiger partial charge >= 0.3 is 17.1 Å². The first-order valence-corrected chi connectivity index (χ1v) is 23.2. The van der Waals surface area contributed by atoms with Gasteiger partial charge in [-0.1, -0.05) is 0 Å². The average molecular weight is 1580 g/mol. The largest absolute Gasteiger partial charge is 0.336 e. The average Bonchev–Trinajstić information content (AvgIpc) is 3.01. The van der Waals surface area contributed by atoms with Gasteiger partial charge in [0, 0.05) is 83.8 Å². The summed E-state index contributed by atoms with van der Waals surface area (Å²) in [5.74, 6) is 0. The molecule has 0 fully saturated rings. The summed E-state index contributed by atoms with van der Waals surface area (Å²) in [6, 6.07) is 0. The molecule has 0 N–H and O–H groups in total. The third kappa shape index (κ3) is 7.82. The van der Waals surface area contributed by atoms with Gasteiger partial charge < -0.3 is 0 Å². The maximum absolute atomic E-state index is 14.2. The number of hydrogen-bond acceptors (Lipinski definition) is 3. The molecule has 1 aromatic heterocycles. The van der Waals surface area contributed by atoms with Gasteiger partial charge in [-0.2, -0.15) is 0 Å². The van der Waals surface area contributed by atoms with E-state index in [0.717, 1.165) is 27.1 Å². The first-order chi connectivity index (χ1) is 20.8. The van der Waals surface area contributed by atoms with Crippen molar-refractivity contribution in [3.05, 3.63) is 115 Å². The van der Waals surface area contributed by atoms with Crippen molar-refractivity contribution < 1.29 is 0 Å². The Hall–Kier alpha value is 3.27. The van der Waals surface area contributed by atoms with Gasteiger partial charge in [0.25, 0.3) is 0 Å². The minimum atomic E-state index is -0.791. The first-order valence-electron chi connectivity index (χ1n) is 11.3. The highest BCUT2D eigenvalue weighted by Crippen LogP contribution is 2.47. The van der Waals surface area contributed by atoms with Crippen LogP contribution in [-0.4, -0.2) is 13.7 Å². The van der Waals surface area contributed by atoms with Crippen LogP contribution in [0.4, 0.5) is 0 Å². The van der Waals surface area contributed by atoms with Crippen LogP contribution in [0.15, 0.2) is 81.5 Å². The minimum Gasteiger partial charge on any atom is -0.247 e. The molecule has 0 unspecified atom stereocenters. The van der Waals surface area contributed by atoms with Crippen molar-refractivity contribution in [1.82, 2.24) is 13.7 Å². The number of rotatable bonds is 6. The number of halogens is 15. The maximum Gasteiger partial charge on any atom is 0.336 e. The van der Waals surface area contributed by atoms with E-state index in [0.29, 0.717) is 70.4 Å². The fraction of sp³-hybridized carbons (Fsp3) is 0.125. The van der Waals surface area contributed by atoms with Gasteiger partial charge in [-0.15, -0.1) is 0 Å². The second-order valence-corrected chi connectivity index (χ2v) is 20.6. The smallest absolute Gasteiger partial charge is 0.247 e. The number of nitrogens with zero attached hydrogens (tertiary/aromatic N) is 3. The molecule has 0 saturated carbocycles. The lowest BCUT2D eigenvalue weighted by molar-refractivity contribution is 0.489. The third-order valence-electron chi connectivity index (χ3n) is 6.24. The summed E-state index contributed by atoms with van der Waals surface area (Å²) in [4.78, 5) is 42.5. The van der Waals surface area contributed by atoms with Crippen LogP contribution >= 0.6 is 239 Å². The van der Waals surface area contributed by atoms with E-state index in [2.05, 4.69) is 239 Å². The number of benzene rings is 3. The highest BCUT2D eigenvalue weighted by atomic mass is 79.9. The Balaban J connectivity index is 2.09. The fourth-order valence-corrected chi connectivity index (χ4v) is 14.1. The molecule has 3 aromatic carbocycles. The van der Waals surface area contributed by atoms with E-state index < -0.39 is 17.1 Å². The van der Waals surface area contributed by atoms with Crippen LogP contribution in [0.25, 0.3) is 0 Å². The third-order valence-corrected chi connectivity index (χ3v) is 25.0. The topological polar surface area (TPSA) is 66.0 Å². The lowest BCUT2D eigenvalue weighted by atomic mass is 10.2. The molecule has 0 bridgehead atoms. The summed E-state index contributed by atoms with van der Waals surface area (Å²) in [6.07, 6.45) is 0. The molecule has 0 radical (unpaired) electrons. The van der Waals surface area contributed by atoms with Gasteiger partial charge in [-0.25, -0.2) is 28.1 Å². The zero-order valence-electron chi connectivity index (χ0n) is 20.9. The van der Waals surface area contributed by atoms with Crippen LogP contribution < -0.4 is 17.1 Å². The molecule has 45 heavy (non-hydrogen) atoms. The van der Waals surface area contributed by atoms with Crippen LogP contribution in [0.2, 0.25) is 0 Å². The molecule has 0 aliphatic rings. The van der Waals surface area contributed by atoms with E-state index in [-0.39, 0.29) is 19.6 Å². The fourth-order valence-electron chi connectivity index (χ4n) is 3.93. The maximum atomic E-state index is 14.2. The minimum absolute atomic E-state index is 0.171. The van der Waals surface area contributed by atoms with Crippen molar-refractivity contribution in [2.24, 2.45) is 0 Å². The molecule has 0 aliphatic heterocycles. The van der Waals surface area contributed by atoms with Gasteiger partial charge in [0.1, 0.15) is 0 Å². The Morgan fingerprint density at radius 3 is 0.556 bits per heavy atom. The van der Waals surface area contributed by atoms with Gasteiger partial charge in [-0.05, 0) is 239 Å². The highest BCUT2D eigenvalue weighted by Gasteiger charge is 2.26. The van der Waals surface area contributed by atoms with E-state index >= 15 is 0 Å². The molecular formula is C24H6Br15N3O3. The van der Waals surface area contributed by atoms with E-state index in [1.165, 1.54) is 0 Å². The predicted octanol–water partition coefficient (Wildman–Crippen LogP) is 13.8. The van der Waals surface area contributed by atoms with Gasteiger partial charge in [-0.3, -0.25) is 0 Å². The molecule has 0 atom stereocenters. The summed E-state index contributed by atoms with van der Waals surface area (Å²) >= 11 is 53.4. The molecule has 21 heteroatoms. The van der Waals surface area contributed by atoms with Crippen LogP contribution in [0.5, 0.6) is 0 Å². The van der Waals surface area contributed by atoms with E-state index in [4.69, 9.17) is 0 Å². The monoisotopic (exact) mass is 1570 g/mol. The standard InChI is InChI=1S/C24H6Br15N3O3/c25-7-4(8(26)14(32)19(37)13(7)31)1-40-22(43)41(2-5-9(27)15(33)20(38)16(34)10(5)28)24(45)42(23(40)44)3-6-11(29)17(35)21(39)18(36)12(6)30/h1-3H2. The van der Waals surface area contributed by atoms with Gasteiger partial charge in [0.05, 0.1) is 19.6 Å². The molecule has 4 aromatic rings. The van der Waals surface area contributed by atoms with Crippen molar-refractivity contribution in [2.45, 2.75) is 19.6 Å². The quantitative estimate of drug-likeness (QED) is 0.143. The molecular weight excluding hydrogens is 1580 g/mol. The lowest BCUT2D eigenvalue weighted by Crippen LogP contribution is -2.55. The highest BCUT2D eigenvalue weighted by molar-refractivity contribution is 9.17. The summed E-state index contributed by atoms with van der Waals surface area (Å²) < 4.78 is 13.0.